The highest BCUT2D eigenvalue weighted by Crippen LogP contribution is 2.38. The van der Waals surface area contributed by atoms with Crippen LogP contribution in [0.2, 0.25) is 0 Å². The summed E-state index contributed by atoms with van der Waals surface area (Å²) in [6.45, 7) is 4.58. The van der Waals surface area contributed by atoms with Crippen LogP contribution in [-0.4, -0.2) is 45.7 Å². The van der Waals surface area contributed by atoms with Crippen LogP contribution in [0.1, 0.15) is 60.0 Å². The van der Waals surface area contributed by atoms with Crippen molar-refractivity contribution in [3.8, 4) is 17.2 Å². The van der Waals surface area contributed by atoms with Gasteiger partial charge in [0.2, 0.25) is 0 Å². The lowest BCUT2D eigenvalue weighted by Gasteiger charge is -2.19. The van der Waals surface area contributed by atoms with Crippen LogP contribution in [0.25, 0.3) is 0 Å². The number of unbranched alkanes of at least 4 members (excludes halogenated alkanes) is 4. The summed E-state index contributed by atoms with van der Waals surface area (Å²) in [5.74, 6) is 1.67. The van der Waals surface area contributed by atoms with Gasteiger partial charge in [-0.05, 0) is 66.1 Å². The van der Waals surface area contributed by atoms with Crippen molar-refractivity contribution < 1.29 is 19.0 Å². The Balaban J connectivity index is 1.43. The summed E-state index contributed by atoms with van der Waals surface area (Å²) in [6.07, 6.45) is 6.79. The first-order valence-electron chi connectivity index (χ1n) is 11.5. The van der Waals surface area contributed by atoms with Crippen molar-refractivity contribution in [1.82, 2.24) is 20.6 Å². The number of hydrogen-bond donors (Lipinski definition) is 2. The van der Waals surface area contributed by atoms with E-state index in [1.807, 2.05) is 18.2 Å². The summed E-state index contributed by atoms with van der Waals surface area (Å²) >= 11 is 0. The van der Waals surface area contributed by atoms with Crippen molar-refractivity contribution in [3.63, 3.8) is 0 Å². The average molecular weight is 464 g/mol. The number of H-pyrrole nitrogens is 1. The SMILES string of the molecule is C=CCCCCCCOc1ccc(C(=O)c2cccc3c2OC(c2nnn[nH]2)C(N)CO3)cc1. The minimum atomic E-state index is -0.683. The Bertz CT molecular complexity index is 1090. The maximum absolute atomic E-state index is 13.3. The number of para-hydroxylation sites is 1. The molecule has 2 atom stereocenters. The fraction of sp³-hybridized carbons (Fsp3) is 0.360. The minimum Gasteiger partial charge on any atom is -0.494 e. The minimum absolute atomic E-state index is 0.191. The number of carbonyl (C=O) groups is 1. The number of carbonyl (C=O) groups excluding carboxylic acids is 1. The molecule has 1 aliphatic heterocycles. The van der Waals surface area contributed by atoms with E-state index in [-0.39, 0.29) is 12.4 Å². The molecule has 9 heteroatoms. The van der Waals surface area contributed by atoms with Crippen molar-refractivity contribution in [2.24, 2.45) is 5.73 Å². The molecule has 1 aliphatic rings. The molecule has 2 unspecified atom stereocenters. The monoisotopic (exact) mass is 463 g/mol. The Morgan fingerprint density at radius 1 is 1.18 bits per heavy atom. The van der Waals surface area contributed by atoms with Gasteiger partial charge in [0.05, 0.1) is 18.2 Å². The van der Waals surface area contributed by atoms with Gasteiger partial charge in [-0.15, -0.1) is 11.7 Å². The molecule has 3 aromatic rings. The fourth-order valence-electron chi connectivity index (χ4n) is 3.76. The van der Waals surface area contributed by atoms with Crippen LogP contribution in [0.5, 0.6) is 17.2 Å². The quantitative estimate of drug-likeness (QED) is 0.250. The maximum Gasteiger partial charge on any atom is 0.196 e. The normalized spacial score (nSPS) is 17.1. The van der Waals surface area contributed by atoms with Crippen LogP contribution in [0.4, 0.5) is 0 Å². The predicted molar refractivity (Wildman–Crippen MR) is 126 cm³/mol. The summed E-state index contributed by atoms with van der Waals surface area (Å²) in [7, 11) is 0. The van der Waals surface area contributed by atoms with Gasteiger partial charge in [-0.25, -0.2) is 5.10 Å². The van der Waals surface area contributed by atoms with Crippen LogP contribution >= 0.6 is 0 Å². The number of ketones is 1. The van der Waals surface area contributed by atoms with E-state index in [4.69, 9.17) is 19.9 Å². The first kappa shape index (κ1) is 23.4. The molecular formula is C25H29N5O4. The second kappa shape index (κ2) is 11.4. The van der Waals surface area contributed by atoms with Gasteiger partial charge >= 0.3 is 0 Å². The number of nitrogens with two attached hydrogens (primary N) is 1. The van der Waals surface area contributed by atoms with Crippen molar-refractivity contribution in [3.05, 3.63) is 72.1 Å². The first-order valence-corrected chi connectivity index (χ1v) is 11.5. The molecule has 3 N–H and O–H groups in total. The van der Waals surface area contributed by atoms with Crippen molar-refractivity contribution in [2.45, 2.75) is 44.2 Å². The zero-order valence-corrected chi connectivity index (χ0v) is 19.0. The lowest BCUT2D eigenvalue weighted by atomic mass is 10.0. The highest BCUT2D eigenvalue weighted by Gasteiger charge is 2.32. The van der Waals surface area contributed by atoms with Gasteiger partial charge in [-0.2, -0.15) is 0 Å². The number of nitrogens with zero attached hydrogens (tertiary/aromatic N) is 3. The highest BCUT2D eigenvalue weighted by molar-refractivity contribution is 6.11. The van der Waals surface area contributed by atoms with Gasteiger partial charge < -0.3 is 19.9 Å². The molecule has 2 aromatic carbocycles. The summed E-state index contributed by atoms with van der Waals surface area (Å²) in [5.41, 5.74) is 7.10. The van der Waals surface area contributed by atoms with E-state index in [0.717, 1.165) is 25.0 Å². The number of rotatable bonds is 11. The Kier molecular flexibility index (Phi) is 7.87. The second-order valence-electron chi connectivity index (χ2n) is 8.13. The number of nitrogens with one attached hydrogen (secondary N) is 1. The number of aromatic nitrogens is 4. The standard InChI is InChI=1S/C25H29N5O4/c1-2-3-4-5-6-7-15-32-18-13-11-17(12-14-18)22(31)19-9-8-10-21-23(19)34-24(20(26)16-33-21)25-27-29-30-28-25/h2,8-14,20,24H,1,3-7,15-16,26H2,(H,27,28,29,30). The van der Waals surface area contributed by atoms with E-state index in [9.17, 15) is 4.79 Å². The topological polar surface area (TPSA) is 125 Å². The molecule has 2 heterocycles. The fourth-order valence-corrected chi connectivity index (χ4v) is 3.76. The first-order chi connectivity index (χ1) is 16.7. The van der Waals surface area contributed by atoms with Crippen molar-refractivity contribution in [2.75, 3.05) is 13.2 Å². The largest absolute Gasteiger partial charge is 0.494 e. The number of ether oxygens (including phenoxy) is 3. The zero-order valence-electron chi connectivity index (χ0n) is 19.0. The van der Waals surface area contributed by atoms with Crippen LogP contribution in [0.15, 0.2) is 55.1 Å². The van der Waals surface area contributed by atoms with Crippen molar-refractivity contribution in [1.29, 1.82) is 0 Å². The molecule has 4 rings (SSSR count). The summed E-state index contributed by atoms with van der Waals surface area (Å²) < 4.78 is 17.8. The summed E-state index contributed by atoms with van der Waals surface area (Å²) in [6, 6.07) is 11.8. The molecule has 0 amide bonds. The van der Waals surface area contributed by atoms with Crippen molar-refractivity contribution >= 4 is 5.78 Å². The Labute approximate surface area is 198 Å². The average Bonchev–Trinajstić information content (AvgIpc) is 3.34. The molecule has 0 aliphatic carbocycles. The van der Waals surface area contributed by atoms with Crippen LogP contribution in [0.3, 0.4) is 0 Å². The van der Waals surface area contributed by atoms with Gasteiger partial charge in [0.1, 0.15) is 12.4 Å². The number of fused-ring (bicyclic) bond motifs is 1. The molecule has 178 valence electrons. The summed E-state index contributed by atoms with van der Waals surface area (Å²) in [5, 5.41) is 13.8. The Morgan fingerprint density at radius 2 is 2.00 bits per heavy atom. The molecule has 0 radical (unpaired) electrons. The third kappa shape index (κ3) is 5.60. The van der Waals surface area contributed by atoms with E-state index < -0.39 is 12.1 Å². The number of benzene rings is 2. The predicted octanol–water partition coefficient (Wildman–Crippen LogP) is 3.79. The lowest BCUT2D eigenvalue weighted by Crippen LogP contribution is -2.36. The molecule has 0 bridgehead atoms. The van der Waals surface area contributed by atoms with E-state index in [1.165, 1.54) is 12.8 Å². The van der Waals surface area contributed by atoms with E-state index in [1.54, 1.807) is 30.3 Å². The lowest BCUT2D eigenvalue weighted by molar-refractivity contribution is 0.102. The van der Waals surface area contributed by atoms with Gasteiger partial charge in [-0.3, -0.25) is 4.79 Å². The number of aromatic amines is 1. The number of hydrogen-bond acceptors (Lipinski definition) is 8. The molecule has 0 saturated heterocycles. The van der Waals surface area contributed by atoms with Crippen LogP contribution < -0.4 is 19.9 Å². The van der Waals surface area contributed by atoms with Crippen LogP contribution in [0, 0.1) is 0 Å². The second-order valence-corrected chi connectivity index (χ2v) is 8.13. The van der Waals surface area contributed by atoms with E-state index >= 15 is 0 Å². The maximum atomic E-state index is 13.3. The van der Waals surface area contributed by atoms with Gasteiger partial charge in [-0.1, -0.05) is 25.0 Å². The zero-order chi connectivity index (χ0) is 23.8. The van der Waals surface area contributed by atoms with Gasteiger partial charge in [0, 0.05) is 5.56 Å². The molecule has 1 aromatic heterocycles. The number of allylic oxidation sites excluding steroid dienone is 1. The smallest absolute Gasteiger partial charge is 0.196 e. The van der Waals surface area contributed by atoms with Gasteiger partial charge in [0.25, 0.3) is 0 Å². The molecule has 0 fully saturated rings. The third-order valence-corrected chi connectivity index (χ3v) is 5.61. The molecular weight excluding hydrogens is 434 g/mol. The Morgan fingerprint density at radius 3 is 2.76 bits per heavy atom. The van der Waals surface area contributed by atoms with E-state index in [0.29, 0.717) is 35.1 Å². The molecule has 0 spiro atoms. The molecule has 9 nitrogen and oxygen atoms in total. The molecule has 0 saturated carbocycles. The highest BCUT2D eigenvalue weighted by atomic mass is 16.5. The Hall–Kier alpha value is -3.72. The summed E-state index contributed by atoms with van der Waals surface area (Å²) in [4.78, 5) is 13.3. The number of tetrazole rings is 1. The van der Waals surface area contributed by atoms with E-state index in [2.05, 4.69) is 27.2 Å². The third-order valence-electron chi connectivity index (χ3n) is 5.61. The van der Waals surface area contributed by atoms with Gasteiger partial charge in [0.15, 0.2) is 29.2 Å². The molecule has 34 heavy (non-hydrogen) atoms. The van der Waals surface area contributed by atoms with Crippen LogP contribution in [-0.2, 0) is 0 Å².